The predicted molar refractivity (Wildman–Crippen MR) is 73.8 cm³/mol. The van der Waals surface area contributed by atoms with Crippen LogP contribution in [0.1, 0.15) is 16.7 Å². The zero-order chi connectivity index (χ0) is 14.7. The molecule has 0 aliphatic carbocycles. The number of nitrogens with zero attached hydrogens (tertiary/aromatic N) is 2. The van der Waals surface area contributed by atoms with Crippen LogP contribution in [0.5, 0.6) is 11.5 Å². The van der Waals surface area contributed by atoms with Gasteiger partial charge < -0.3 is 4.74 Å². The minimum absolute atomic E-state index is 0.0332. The SMILES string of the molecule is Cc1cc(Oc2ccc([N+](=O)[O-])cc2C)ccc1C#N. The number of nitro groups is 1. The number of aryl methyl sites for hydroxylation is 2. The average Bonchev–Trinajstić information content (AvgIpc) is 2.41. The lowest BCUT2D eigenvalue weighted by atomic mass is 10.1. The Morgan fingerprint density at radius 2 is 1.90 bits per heavy atom. The minimum Gasteiger partial charge on any atom is -0.457 e. The highest BCUT2D eigenvalue weighted by Crippen LogP contribution is 2.29. The van der Waals surface area contributed by atoms with Gasteiger partial charge >= 0.3 is 0 Å². The molecule has 0 amide bonds. The molecular formula is C15H12N2O3. The van der Waals surface area contributed by atoms with Crippen LogP contribution < -0.4 is 4.74 Å². The Kier molecular flexibility index (Phi) is 3.67. The number of nitro benzene ring substituents is 1. The molecule has 0 aromatic heterocycles. The summed E-state index contributed by atoms with van der Waals surface area (Å²) in [7, 11) is 0. The van der Waals surface area contributed by atoms with Crippen molar-refractivity contribution >= 4 is 5.69 Å². The number of hydrogen-bond donors (Lipinski definition) is 0. The van der Waals surface area contributed by atoms with Crippen molar-refractivity contribution in [3.8, 4) is 17.6 Å². The highest BCUT2D eigenvalue weighted by molar-refractivity contribution is 5.47. The molecule has 100 valence electrons. The third-order valence-corrected chi connectivity index (χ3v) is 2.92. The maximum Gasteiger partial charge on any atom is 0.269 e. The lowest BCUT2D eigenvalue weighted by Gasteiger charge is -2.09. The van der Waals surface area contributed by atoms with Crippen LogP contribution in [0.2, 0.25) is 0 Å². The van der Waals surface area contributed by atoms with E-state index in [9.17, 15) is 10.1 Å². The van der Waals surface area contributed by atoms with Gasteiger partial charge in [-0.25, -0.2) is 0 Å². The smallest absolute Gasteiger partial charge is 0.269 e. The van der Waals surface area contributed by atoms with Crippen LogP contribution >= 0.6 is 0 Å². The van der Waals surface area contributed by atoms with Crippen molar-refractivity contribution < 1.29 is 9.66 Å². The largest absolute Gasteiger partial charge is 0.457 e. The number of ether oxygens (including phenoxy) is 1. The van der Waals surface area contributed by atoms with Crippen LogP contribution in [0.25, 0.3) is 0 Å². The summed E-state index contributed by atoms with van der Waals surface area (Å²) in [6.07, 6.45) is 0. The van der Waals surface area contributed by atoms with Gasteiger partial charge in [0.2, 0.25) is 0 Å². The second kappa shape index (κ2) is 5.41. The van der Waals surface area contributed by atoms with Gasteiger partial charge in [0.15, 0.2) is 0 Å². The maximum atomic E-state index is 10.7. The van der Waals surface area contributed by atoms with E-state index >= 15 is 0 Å². The van der Waals surface area contributed by atoms with E-state index < -0.39 is 4.92 Å². The van der Waals surface area contributed by atoms with E-state index in [1.807, 2.05) is 6.92 Å². The topological polar surface area (TPSA) is 76.2 Å². The molecule has 0 fully saturated rings. The number of rotatable bonds is 3. The summed E-state index contributed by atoms with van der Waals surface area (Å²) in [5, 5.41) is 19.5. The monoisotopic (exact) mass is 268 g/mol. The molecule has 0 saturated carbocycles. The van der Waals surface area contributed by atoms with Gasteiger partial charge in [0.1, 0.15) is 11.5 Å². The maximum absolute atomic E-state index is 10.7. The number of nitriles is 1. The summed E-state index contributed by atoms with van der Waals surface area (Å²) in [5.41, 5.74) is 2.13. The van der Waals surface area contributed by atoms with E-state index in [1.165, 1.54) is 12.1 Å². The third-order valence-electron chi connectivity index (χ3n) is 2.92. The van der Waals surface area contributed by atoms with Gasteiger partial charge in [-0.3, -0.25) is 10.1 Å². The molecule has 0 unspecified atom stereocenters. The number of hydrogen-bond acceptors (Lipinski definition) is 4. The molecule has 5 heteroatoms. The minimum atomic E-state index is -0.442. The van der Waals surface area contributed by atoms with Gasteiger partial charge in [0.05, 0.1) is 16.6 Å². The first-order valence-corrected chi connectivity index (χ1v) is 5.95. The molecule has 2 aromatic carbocycles. The van der Waals surface area contributed by atoms with E-state index in [2.05, 4.69) is 6.07 Å². The molecule has 5 nitrogen and oxygen atoms in total. The molecule has 0 aliphatic rings. The Bertz CT molecular complexity index is 718. The van der Waals surface area contributed by atoms with Crippen molar-refractivity contribution in [2.24, 2.45) is 0 Å². The van der Waals surface area contributed by atoms with Crippen LogP contribution in [0.15, 0.2) is 36.4 Å². The van der Waals surface area contributed by atoms with Crippen molar-refractivity contribution in [3.05, 3.63) is 63.2 Å². The first-order valence-electron chi connectivity index (χ1n) is 5.95. The van der Waals surface area contributed by atoms with Crippen LogP contribution in [0, 0.1) is 35.3 Å². The van der Waals surface area contributed by atoms with Crippen molar-refractivity contribution in [1.29, 1.82) is 5.26 Å². The molecule has 0 atom stereocenters. The normalized spacial score (nSPS) is 9.85. The van der Waals surface area contributed by atoms with Crippen LogP contribution in [0.4, 0.5) is 5.69 Å². The molecule has 2 aromatic rings. The summed E-state index contributed by atoms with van der Waals surface area (Å²) >= 11 is 0. The van der Waals surface area contributed by atoms with Crippen molar-refractivity contribution in [3.63, 3.8) is 0 Å². The van der Waals surface area contributed by atoms with E-state index in [-0.39, 0.29) is 5.69 Å². The summed E-state index contributed by atoms with van der Waals surface area (Å²) in [6, 6.07) is 11.7. The van der Waals surface area contributed by atoms with Gasteiger partial charge in [-0.15, -0.1) is 0 Å². The fraction of sp³-hybridized carbons (Fsp3) is 0.133. The Morgan fingerprint density at radius 3 is 2.45 bits per heavy atom. The molecular weight excluding hydrogens is 256 g/mol. The van der Waals surface area contributed by atoms with Gasteiger partial charge in [-0.2, -0.15) is 5.26 Å². The van der Waals surface area contributed by atoms with E-state index in [0.29, 0.717) is 22.6 Å². The summed E-state index contributed by atoms with van der Waals surface area (Å²) < 4.78 is 5.69. The van der Waals surface area contributed by atoms with Crippen molar-refractivity contribution in [2.75, 3.05) is 0 Å². The second-order valence-corrected chi connectivity index (χ2v) is 4.40. The molecule has 0 radical (unpaired) electrons. The molecule has 0 aliphatic heterocycles. The van der Waals surface area contributed by atoms with E-state index in [0.717, 1.165) is 5.56 Å². The molecule has 0 heterocycles. The predicted octanol–water partition coefficient (Wildman–Crippen LogP) is 3.88. The zero-order valence-electron chi connectivity index (χ0n) is 11.1. The van der Waals surface area contributed by atoms with Crippen LogP contribution in [0.3, 0.4) is 0 Å². The van der Waals surface area contributed by atoms with Gasteiger partial charge in [0.25, 0.3) is 5.69 Å². The summed E-state index contributed by atoms with van der Waals surface area (Å²) in [6.45, 7) is 3.58. The Labute approximate surface area is 116 Å². The van der Waals surface area contributed by atoms with E-state index in [1.54, 1.807) is 31.2 Å². The Balaban J connectivity index is 2.29. The Morgan fingerprint density at radius 1 is 1.15 bits per heavy atom. The number of benzene rings is 2. The second-order valence-electron chi connectivity index (χ2n) is 4.40. The zero-order valence-corrected chi connectivity index (χ0v) is 11.1. The number of non-ortho nitro benzene ring substituents is 1. The average molecular weight is 268 g/mol. The molecule has 2 rings (SSSR count). The van der Waals surface area contributed by atoms with Crippen molar-refractivity contribution in [2.45, 2.75) is 13.8 Å². The quantitative estimate of drug-likeness (QED) is 0.625. The van der Waals surface area contributed by atoms with Gasteiger partial charge in [-0.05, 0) is 49.2 Å². The molecule has 20 heavy (non-hydrogen) atoms. The molecule has 0 bridgehead atoms. The summed E-state index contributed by atoms with van der Waals surface area (Å²) in [4.78, 5) is 10.2. The Hall–Kier alpha value is -2.87. The van der Waals surface area contributed by atoms with Gasteiger partial charge in [0, 0.05) is 12.1 Å². The highest BCUT2D eigenvalue weighted by Gasteiger charge is 2.10. The molecule has 0 saturated heterocycles. The highest BCUT2D eigenvalue weighted by atomic mass is 16.6. The standard InChI is InChI=1S/C15H12N2O3/c1-10-8-14(5-3-12(10)9-16)20-15-6-4-13(17(18)19)7-11(15)2/h3-8H,1-2H3. The van der Waals surface area contributed by atoms with Crippen molar-refractivity contribution in [1.82, 2.24) is 0 Å². The first-order chi connectivity index (χ1) is 9.51. The molecule has 0 spiro atoms. The lowest BCUT2D eigenvalue weighted by Crippen LogP contribution is -1.92. The lowest BCUT2D eigenvalue weighted by molar-refractivity contribution is -0.384. The third kappa shape index (κ3) is 2.75. The van der Waals surface area contributed by atoms with Gasteiger partial charge in [-0.1, -0.05) is 0 Å². The summed E-state index contributed by atoms with van der Waals surface area (Å²) in [5.74, 6) is 1.15. The fourth-order valence-corrected chi connectivity index (χ4v) is 1.81. The van der Waals surface area contributed by atoms with Crippen LogP contribution in [-0.2, 0) is 0 Å². The fourth-order valence-electron chi connectivity index (χ4n) is 1.81. The molecule has 0 N–H and O–H groups in total. The first kappa shape index (κ1) is 13.6. The van der Waals surface area contributed by atoms with E-state index in [4.69, 9.17) is 10.00 Å². The van der Waals surface area contributed by atoms with Crippen LogP contribution in [-0.4, -0.2) is 4.92 Å².